The summed E-state index contributed by atoms with van der Waals surface area (Å²) in [4.78, 5) is 14.4. The van der Waals surface area contributed by atoms with E-state index in [-0.39, 0.29) is 23.5 Å². The highest BCUT2D eigenvalue weighted by atomic mass is 32.2. The van der Waals surface area contributed by atoms with Gasteiger partial charge < -0.3 is 18.8 Å². The van der Waals surface area contributed by atoms with Gasteiger partial charge in [-0.1, -0.05) is 12.1 Å². The third-order valence-electron chi connectivity index (χ3n) is 4.82. The molecule has 8 nitrogen and oxygen atoms in total. The van der Waals surface area contributed by atoms with Crippen LogP contribution in [-0.2, 0) is 16.6 Å². The zero-order chi connectivity index (χ0) is 21.8. The minimum atomic E-state index is -3.72. The summed E-state index contributed by atoms with van der Waals surface area (Å²) in [5.41, 5.74) is 0.379. The smallest absolute Gasteiger partial charge is 0.253 e. The van der Waals surface area contributed by atoms with Crippen LogP contribution in [0.4, 0.5) is 0 Å². The van der Waals surface area contributed by atoms with E-state index in [1.807, 2.05) is 24.3 Å². The van der Waals surface area contributed by atoms with Gasteiger partial charge in [-0.05, 0) is 48.5 Å². The molecule has 0 aliphatic carbocycles. The van der Waals surface area contributed by atoms with Gasteiger partial charge in [-0.15, -0.1) is 0 Å². The average Bonchev–Trinajstić information content (AvgIpc) is 3.31. The number of furan rings is 1. The molecule has 9 heteroatoms. The lowest BCUT2D eigenvalue weighted by atomic mass is 10.2. The van der Waals surface area contributed by atoms with Gasteiger partial charge in [0, 0.05) is 12.6 Å². The summed E-state index contributed by atoms with van der Waals surface area (Å²) >= 11 is 0. The third kappa shape index (κ3) is 4.89. The molecule has 0 fully saturated rings. The van der Waals surface area contributed by atoms with Gasteiger partial charge in [0.2, 0.25) is 10.0 Å². The van der Waals surface area contributed by atoms with Crippen molar-refractivity contribution in [3.8, 4) is 11.5 Å². The number of ether oxygens (including phenoxy) is 2. The van der Waals surface area contributed by atoms with E-state index in [9.17, 15) is 13.2 Å². The molecule has 1 N–H and O–H groups in total. The quantitative estimate of drug-likeness (QED) is 0.604. The fraction of sp³-hybridized carbons (Fsp3) is 0.227. The fourth-order valence-corrected chi connectivity index (χ4v) is 4.19. The monoisotopic (exact) mass is 442 g/mol. The van der Waals surface area contributed by atoms with Gasteiger partial charge in [-0.25, -0.2) is 13.1 Å². The van der Waals surface area contributed by atoms with Crippen molar-refractivity contribution in [2.45, 2.75) is 17.5 Å². The molecule has 4 rings (SSSR count). The van der Waals surface area contributed by atoms with E-state index in [2.05, 4.69) is 4.72 Å². The first kappa shape index (κ1) is 21.0. The van der Waals surface area contributed by atoms with Crippen LogP contribution in [-0.4, -0.2) is 45.5 Å². The van der Waals surface area contributed by atoms with Crippen molar-refractivity contribution >= 4 is 15.9 Å². The van der Waals surface area contributed by atoms with Gasteiger partial charge in [0.05, 0.1) is 24.2 Å². The van der Waals surface area contributed by atoms with Gasteiger partial charge in [0.15, 0.2) is 17.6 Å². The summed E-state index contributed by atoms with van der Waals surface area (Å²) in [6.45, 7) is 0.719. The summed E-state index contributed by atoms with van der Waals surface area (Å²) in [5.74, 6) is 1.60. The molecule has 0 saturated carbocycles. The van der Waals surface area contributed by atoms with Crippen LogP contribution < -0.4 is 14.2 Å². The van der Waals surface area contributed by atoms with Crippen molar-refractivity contribution in [2.75, 3.05) is 20.2 Å². The first-order chi connectivity index (χ1) is 14.9. The molecular weight excluding hydrogens is 420 g/mol. The Morgan fingerprint density at radius 2 is 1.81 bits per heavy atom. The molecule has 0 bridgehead atoms. The number of fused-ring (bicyclic) bond motifs is 1. The lowest BCUT2D eigenvalue weighted by molar-refractivity contribution is 0.0521. The molecule has 31 heavy (non-hydrogen) atoms. The molecule has 3 aromatic rings. The third-order valence-corrected chi connectivity index (χ3v) is 6.24. The van der Waals surface area contributed by atoms with Gasteiger partial charge in [-0.2, -0.15) is 0 Å². The molecule has 1 aromatic heterocycles. The second-order valence-corrected chi connectivity index (χ2v) is 8.88. The van der Waals surface area contributed by atoms with E-state index < -0.39 is 10.0 Å². The predicted octanol–water partition coefficient (Wildman–Crippen LogP) is 2.67. The lowest BCUT2D eigenvalue weighted by Crippen LogP contribution is -2.41. The first-order valence-corrected chi connectivity index (χ1v) is 11.2. The van der Waals surface area contributed by atoms with Gasteiger partial charge in [0.25, 0.3) is 5.91 Å². The Bertz CT molecular complexity index is 1140. The Morgan fingerprint density at radius 1 is 1.06 bits per heavy atom. The van der Waals surface area contributed by atoms with Crippen molar-refractivity contribution in [2.24, 2.45) is 0 Å². The van der Waals surface area contributed by atoms with Gasteiger partial charge >= 0.3 is 0 Å². The lowest BCUT2D eigenvalue weighted by Gasteiger charge is -2.29. The van der Waals surface area contributed by atoms with Gasteiger partial charge in [-0.3, -0.25) is 4.79 Å². The molecule has 2 aromatic carbocycles. The molecule has 0 radical (unpaired) electrons. The van der Waals surface area contributed by atoms with Crippen molar-refractivity contribution in [1.82, 2.24) is 9.62 Å². The van der Waals surface area contributed by atoms with Crippen LogP contribution in [0.2, 0.25) is 0 Å². The molecule has 1 amide bonds. The highest BCUT2D eigenvalue weighted by molar-refractivity contribution is 7.89. The van der Waals surface area contributed by atoms with Crippen LogP contribution in [0.15, 0.2) is 76.2 Å². The number of likely N-dealkylation sites (N-methyl/N-ethyl adjacent to an activating group) is 1. The first-order valence-electron chi connectivity index (χ1n) is 9.68. The molecular formula is C22H22N2O6S. The minimum absolute atomic E-state index is 0.0470. The summed E-state index contributed by atoms with van der Waals surface area (Å²) in [6.07, 6.45) is 1.18. The van der Waals surface area contributed by atoms with E-state index in [0.717, 1.165) is 0 Å². The minimum Gasteiger partial charge on any atom is -0.486 e. The number of amides is 1. The topological polar surface area (TPSA) is 98.1 Å². The Balaban J connectivity index is 1.36. The number of nitrogens with zero attached hydrogens (tertiary/aromatic N) is 1. The summed E-state index contributed by atoms with van der Waals surface area (Å²) in [5, 5.41) is 0. The van der Waals surface area contributed by atoms with E-state index in [1.165, 1.54) is 35.4 Å². The maximum atomic E-state index is 12.8. The van der Waals surface area contributed by atoms with Gasteiger partial charge in [0.1, 0.15) is 12.4 Å². The number of carbonyl (C=O) groups is 1. The van der Waals surface area contributed by atoms with E-state index in [1.54, 1.807) is 19.2 Å². The Kier molecular flexibility index (Phi) is 5.97. The molecule has 2 heterocycles. The molecule has 1 atom stereocenters. The largest absolute Gasteiger partial charge is 0.486 e. The van der Waals surface area contributed by atoms with Crippen molar-refractivity contribution < 1.29 is 27.1 Å². The zero-order valence-corrected chi connectivity index (χ0v) is 17.7. The van der Waals surface area contributed by atoms with Crippen LogP contribution in [0.5, 0.6) is 11.5 Å². The highest BCUT2D eigenvalue weighted by Crippen LogP contribution is 2.31. The molecule has 1 aliphatic heterocycles. The predicted molar refractivity (Wildman–Crippen MR) is 112 cm³/mol. The number of carbonyl (C=O) groups excluding carboxylic acids is 1. The highest BCUT2D eigenvalue weighted by Gasteiger charge is 2.24. The molecule has 0 saturated heterocycles. The fourth-order valence-electron chi connectivity index (χ4n) is 3.20. The Morgan fingerprint density at radius 3 is 2.52 bits per heavy atom. The maximum absolute atomic E-state index is 12.8. The molecule has 162 valence electrons. The van der Waals surface area contributed by atoms with E-state index >= 15 is 0 Å². The van der Waals surface area contributed by atoms with Crippen LogP contribution in [0.3, 0.4) is 0 Å². The van der Waals surface area contributed by atoms with Crippen molar-refractivity contribution in [3.05, 3.63) is 78.3 Å². The molecule has 1 aliphatic rings. The summed E-state index contributed by atoms with van der Waals surface area (Å²) in [6, 6.07) is 16.5. The second kappa shape index (κ2) is 8.83. The number of para-hydroxylation sites is 2. The maximum Gasteiger partial charge on any atom is 0.253 e. The number of nitrogens with one attached hydrogen (secondary N) is 1. The zero-order valence-electron chi connectivity index (χ0n) is 16.9. The standard InChI is InChI=1S/C22H22N2O6S/c1-24(14-18-15-29-20-6-2-3-7-21(20)30-18)22(25)16-8-10-19(11-9-16)31(26,27)23-13-17-5-4-12-28-17/h2-12,18,23H,13-15H2,1H3. The van der Waals surface area contributed by atoms with Crippen molar-refractivity contribution in [3.63, 3.8) is 0 Å². The van der Waals surface area contributed by atoms with E-state index in [4.69, 9.17) is 13.9 Å². The SMILES string of the molecule is CN(CC1COc2ccccc2O1)C(=O)c1ccc(S(=O)(=O)NCc2ccco2)cc1. The number of benzene rings is 2. The molecule has 1 unspecified atom stereocenters. The number of hydrogen-bond donors (Lipinski definition) is 1. The van der Waals surface area contributed by atoms with Crippen LogP contribution in [0.25, 0.3) is 0 Å². The van der Waals surface area contributed by atoms with Crippen LogP contribution >= 0.6 is 0 Å². The Labute approximate surface area is 180 Å². The number of rotatable bonds is 7. The Hall–Kier alpha value is -3.30. The average molecular weight is 442 g/mol. The van der Waals surface area contributed by atoms with Crippen molar-refractivity contribution in [1.29, 1.82) is 0 Å². The molecule has 0 spiro atoms. The summed E-state index contributed by atoms with van der Waals surface area (Å²) < 4.78 is 44.0. The number of hydrogen-bond acceptors (Lipinski definition) is 6. The summed E-state index contributed by atoms with van der Waals surface area (Å²) in [7, 11) is -2.05. The normalized spacial score (nSPS) is 15.5. The van der Waals surface area contributed by atoms with Crippen LogP contribution in [0, 0.1) is 0 Å². The van der Waals surface area contributed by atoms with E-state index in [0.29, 0.717) is 36.0 Å². The number of sulfonamides is 1. The van der Waals surface area contributed by atoms with Crippen LogP contribution in [0.1, 0.15) is 16.1 Å². The second-order valence-electron chi connectivity index (χ2n) is 7.11.